The Labute approximate surface area is 138 Å². The summed E-state index contributed by atoms with van der Waals surface area (Å²) in [7, 11) is 4.25. The summed E-state index contributed by atoms with van der Waals surface area (Å²) >= 11 is 0. The van der Waals surface area contributed by atoms with Crippen LogP contribution < -0.4 is 15.0 Å². The molecule has 128 valence electrons. The number of hydrogen-bond acceptors (Lipinski definition) is 6. The Bertz CT molecular complexity index is 516. The molecule has 0 atom stereocenters. The van der Waals surface area contributed by atoms with Crippen molar-refractivity contribution in [2.45, 2.75) is 45.2 Å². The molecule has 1 fully saturated rings. The first-order valence-corrected chi connectivity index (χ1v) is 7.98. The number of carbonyl (C=O) groups is 1. The monoisotopic (exact) mass is 321 g/mol. The van der Waals surface area contributed by atoms with Gasteiger partial charge in [-0.05, 0) is 47.7 Å². The topological polar surface area (TPSA) is 70.6 Å². The van der Waals surface area contributed by atoms with Crippen LogP contribution in [0.2, 0.25) is 0 Å². The molecule has 1 aromatic rings. The minimum atomic E-state index is -0.544. The summed E-state index contributed by atoms with van der Waals surface area (Å²) in [5.74, 6) is 0. The Balaban J connectivity index is 1.89. The van der Waals surface area contributed by atoms with Crippen molar-refractivity contribution in [1.82, 2.24) is 20.2 Å². The van der Waals surface area contributed by atoms with Crippen LogP contribution in [0.4, 0.5) is 10.5 Å². The van der Waals surface area contributed by atoms with Gasteiger partial charge in [0.15, 0.2) is 0 Å². The molecule has 1 saturated heterocycles. The average molecular weight is 321 g/mol. The number of ether oxygens (including phenoxy) is 1. The fourth-order valence-corrected chi connectivity index (χ4v) is 2.58. The molecule has 23 heavy (non-hydrogen) atoms. The van der Waals surface area contributed by atoms with Gasteiger partial charge >= 0.3 is 12.1 Å². The standard InChI is InChI=1S/C16H27N5O2/c1-16(2,3)19-15(22)23-14-17-10-13(11-18-14)21-8-6-12(7-9-21)20(4)5/h10-12H,6-9H2,1-5H3,(H,19,22). The number of aromatic nitrogens is 2. The van der Waals surface area contributed by atoms with Gasteiger partial charge in [-0.15, -0.1) is 0 Å². The SMILES string of the molecule is CN(C)C1CCN(c2cnc(OC(=O)NC(C)(C)C)nc2)CC1. The lowest BCUT2D eigenvalue weighted by molar-refractivity contribution is 0.186. The van der Waals surface area contributed by atoms with E-state index in [1.165, 1.54) is 0 Å². The van der Waals surface area contributed by atoms with Crippen LogP contribution in [-0.4, -0.2) is 59.7 Å². The maximum atomic E-state index is 11.7. The van der Waals surface area contributed by atoms with Gasteiger partial charge in [-0.1, -0.05) is 0 Å². The quantitative estimate of drug-likeness (QED) is 0.917. The van der Waals surface area contributed by atoms with E-state index >= 15 is 0 Å². The minimum Gasteiger partial charge on any atom is -0.374 e. The second kappa shape index (κ2) is 7.12. The van der Waals surface area contributed by atoms with E-state index in [4.69, 9.17) is 4.74 Å². The minimum absolute atomic E-state index is 0.0682. The van der Waals surface area contributed by atoms with Crippen LogP contribution >= 0.6 is 0 Å². The fraction of sp³-hybridized carbons (Fsp3) is 0.688. The molecule has 7 heteroatoms. The van der Waals surface area contributed by atoms with Gasteiger partial charge in [0.1, 0.15) is 0 Å². The van der Waals surface area contributed by atoms with Crippen molar-refractivity contribution in [2.24, 2.45) is 0 Å². The first-order valence-electron chi connectivity index (χ1n) is 7.98. The number of anilines is 1. The molecule has 1 aliphatic heterocycles. The van der Waals surface area contributed by atoms with E-state index < -0.39 is 6.09 Å². The summed E-state index contributed by atoms with van der Waals surface area (Å²) in [6.07, 6.45) is 5.13. The van der Waals surface area contributed by atoms with E-state index in [-0.39, 0.29) is 11.5 Å². The highest BCUT2D eigenvalue weighted by molar-refractivity contribution is 5.70. The first-order chi connectivity index (χ1) is 10.7. The Kier molecular flexibility index (Phi) is 5.41. The van der Waals surface area contributed by atoms with Crippen LogP contribution in [0.3, 0.4) is 0 Å². The zero-order chi connectivity index (χ0) is 17.0. The maximum Gasteiger partial charge on any atom is 0.415 e. The Morgan fingerprint density at radius 3 is 2.30 bits per heavy atom. The summed E-state index contributed by atoms with van der Waals surface area (Å²) in [6.45, 7) is 7.62. The van der Waals surface area contributed by atoms with Gasteiger partial charge in [0.05, 0.1) is 18.1 Å². The molecule has 2 heterocycles. The van der Waals surface area contributed by atoms with Gasteiger partial charge < -0.3 is 19.9 Å². The number of amides is 1. The predicted molar refractivity (Wildman–Crippen MR) is 89.9 cm³/mol. The summed E-state index contributed by atoms with van der Waals surface area (Å²) < 4.78 is 5.08. The zero-order valence-electron chi connectivity index (χ0n) is 14.7. The molecule has 1 aromatic heterocycles. The summed E-state index contributed by atoms with van der Waals surface area (Å²) in [4.78, 5) is 24.5. The Morgan fingerprint density at radius 1 is 1.26 bits per heavy atom. The van der Waals surface area contributed by atoms with E-state index in [1.807, 2.05) is 20.8 Å². The summed E-state index contributed by atoms with van der Waals surface area (Å²) in [5.41, 5.74) is 0.610. The molecule has 0 spiro atoms. The van der Waals surface area contributed by atoms with E-state index in [2.05, 4.69) is 39.2 Å². The molecule has 0 bridgehead atoms. The van der Waals surface area contributed by atoms with Crippen molar-refractivity contribution in [3.05, 3.63) is 12.4 Å². The molecule has 2 rings (SSSR count). The number of carbonyl (C=O) groups excluding carboxylic acids is 1. The second-order valence-corrected chi connectivity index (χ2v) is 7.17. The van der Waals surface area contributed by atoms with Crippen molar-refractivity contribution >= 4 is 11.8 Å². The summed E-state index contributed by atoms with van der Waals surface area (Å²) in [5, 5.41) is 2.70. The van der Waals surface area contributed by atoms with Crippen molar-refractivity contribution in [3.63, 3.8) is 0 Å². The number of hydrogen-bond donors (Lipinski definition) is 1. The van der Waals surface area contributed by atoms with Crippen molar-refractivity contribution in [1.29, 1.82) is 0 Å². The lowest BCUT2D eigenvalue weighted by Crippen LogP contribution is -2.42. The molecule has 0 aliphatic carbocycles. The average Bonchev–Trinajstić information content (AvgIpc) is 2.46. The van der Waals surface area contributed by atoms with Gasteiger partial charge in [-0.2, -0.15) is 0 Å². The van der Waals surface area contributed by atoms with Crippen LogP contribution in [0, 0.1) is 0 Å². The van der Waals surface area contributed by atoms with Crippen molar-refractivity contribution < 1.29 is 9.53 Å². The predicted octanol–water partition coefficient (Wildman–Crippen LogP) is 1.89. The van der Waals surface area contributed by atoms with Crippen LogP contribution in [0.25, 0.3) is 0 Å². The number of rotatable bonds is 3. The van der Waals surface area contributed by atoms with E-state index in [0.29, 0.717) is 6.04 Å². The van der Waals surface area contributed by atoms with Gasteiger partial charge in [-0.25, -0.2) is 14.8 Å². The smallest absolute Gasteiger partial charge is 0.374 e. The Hall–Kier alpha value is -1.89. The molecule has 1 N–H and O–H groups in total. The molecular formula is C16H27N5O2. The largest absolute Gasteiger partial charge is 0.415 e. The van der Waals surface area contributed by atoms with Gasteiger partial charge in [0.25, 0.3) is 0 Å². The third-order valence-corrected chi connectivity index (χ3v) is 3.84. The lowest BCUT2D eigenvalue weighted by atomic mass is 10.0. The third kappa shape index (κ3) is 5.35. The van der Waals surface area contributed by atoms with Crippen molar-refractivity contribution in [3.8, 4) is 6.01 Å². The molecule has 1 amide bonds. The molecular weight excluding hydrogens is 294 g/mol. The molecule has 0 aromatic carbocycles. The van der Waals surface area contributed by atoms with Gasteiger partial charge in [0.2, 0.25) is 0 Å². The molecule has 1 aliphatic rings. The Morgan fingerprint density at radius 2 is 1.83 bits per heavy atom. The van der Waals surface area contributed by atoms with Crippen LogP contribution in [-0.2, 0) is 0 Å². The summed E-state index contributed by atoms with van der Waals surface area (Å²) in [6, 6.07) is 0.703. The number of nitrogens with one attached hydrogen (secondary N) is 1. The maximum absolute atomic E-state index is 11.7. The van der Waals surface area contributed by atoms with Gasteiger partial charge in [0, 0.05) is 24.7 Å². The number of nitrogens with zero attached hydrogens (tertiary/aromatic N) is 4. The highest BCUT2D eigenvalue weighted by Crippen LogP contribution is 2.21. The zero-order valence-corrected chi connectivity index (χ0v) is 14.7. The van der Waals surface area contributed by atoms with Crippen LogP contribution in [0.5, 0.6) is 6.01 Å². The first kappa shape index (κ1) is 17.5. The van der Waals surface area contributed by atoms with E-state index in [9.17, 15) is 4.79 Å². The van der Waals surface area contributed by atoms with Crippen LogP contribution in [0.15, 0.2) is 12.4 Å². The molecule has 0 unspecified atom stereocenters. The second-order valence-electron chi connectivity index (χ2n) is 7.17. The normalized spacial score (nSPS) is 16.5. The fourth-order valence-electron chi connectivity index (χ4n) is 2.58. The van der Waals surface area contributed by atoms with Crippen LogP contribution in [0.1, 0.15) is 33.6 Å². The lowest BCUT2D eigenvalue weighted by Gasteiger charge is -2.36. The van der Waals surface area contributed by atoms with Crippen molar-refractivity contribution in [2.75, 3.05) is 32.1 Å². The van der Waals surface area contributed by atoms with E-state index in [1.54, 1.807) is 12.4 Å². The molecule has 0 saturated carbocycles. The molecule has 0 radical (unpaired) electrons. The molecule has 7 nitrogen and oxygen atoms in total. The van der Waals surface area contributed by atoms with Gasteiger partial charge in [-0.3, -0.25) is 0 Å². The number of piperidine rings is 1. The highest BCUT2D eigenvalue weighted by atomic mass is 16.6. The highest BCUT2D eigenvalue weighted by Gasteiger charge is 2.21. The van der Waals surface area contributed by atoms with E-state index in [0.717, 1.165) is 31.6 Å². The third-order valence-electron chi connectivity index (χ3n) is 3.84.